The number of hydrazone groups is 1. The van der Waals surface area contributed by atoms with Crippen molar-refractivity contribution in [1.29, 1.82) is 0 Å². The first kappa shape index (κ1) is 26.7. The van der Waals surface area contributed by atoms with Crippen LogP contribution < -0.4 is 17.4 Å². The highest BCUT2D eigenvalue weighted by Gasteiger charge is 2.22. The number of hydrazine groups is 1. The van der Waals surface area contributed by atoms with Crippen LogP contribution in [0.25, 0.3) is 11.1 Å². The van der Waals surface area contributed by atoms with Crippen molar-refractivity contribution in [3.63, 3.8) is 0 Å². The third-order valence-corrected chi connectivity index (χ3v) is 5.25. The maximum Gasteiger partial charge on any atom is 0.179 e. The van der Waals surface area contributed by atoms with Crippen LogP contribution in [0.4, 0.5) is 14.6 Å². The van der Waals surface area contributed by atoms with Gasteiger partial charge in [0.1, 0.15) is 11.6 Å². The van der Waals surface area contributed by atoms with Crippen molar-refractivity contribution in [3.05, 3.63) is 83.7 Å². The Balaban J connectivity index is 2.41. The summed E-state index contributed by atoms with van der Waals surface area (Å²) in [5.41, 5.74) is 8.83. The number of hydrogen-bond acceptors (Lipinski definition) is 6. The van der Waals surface area contributed by atoms with Crippen LogP contribution in [0.2, 0.25) is 0 Å². The molecule has 1 heterocycles. The first-order valence-electron chi connectivity index (χ1n) is 11.0. The highest BCUT2D eigenvalue weighted by atomic mass is 19.2. The van der Waals surface area contributed by atoms with E-state index in [0.717, 1.165) is 49.1 Å². The van der Waals surface area contributed by atoms with Crippen molar-refractivity contribution < 1.29 is 8.78 Å². The topological polar surface area (TPSA) is 110 Å². The summed E-state index contributed by atoms with van der Waals surface area (Å²) in [5.74, 6) is 9.40. The van der Waals surface area contributed by atoms with E-state index in [1.807, 2.05) is 12.1 Å². The predicted octanol–water partition coefficient (Wildman–Crippen LogP) is 4.60. The summed E-state index contributed by atoms with van der Waals surface area (Å²) in [6, 6.07) is 9.80. The molecule has 0 aliphatic carbocycles. The Hall–Kier alpha value is -3.56. The molecule has 0 aliphatic heterocycles. The summed E-state index contributed by atoms with van der Waals surface area (Å²) < 4.78 is 28.0. The molecule has 1 aromatic carbocycles. The standard InChI is InChI=1S/C25H33F2N7/c1-5-8-22(23(27)17(4)26)34(30)25(32-29)21-14-20(15-31-24(21)28)19-11-9-18(10-12-19)16-33(7-3)13-6-2/h5,8-12,14-15H,1,6-7,13,16,29-30H2,2-4H3,(H2,28,31)/b22-8+,23-17-,32-25-. The monoisotopic (exact) mass is 469 g/mol. The zero-order valence-electron chi connectivity index (χ0n) is 19.9. The molecule has 0 unspecified atom stereocenters. The van der Waals surface area contributed by atoms with Crippen molar-refractivity contribution in [2.45, 2.75) is 33.7 Å². The SMILES string of the molecule is C=C/C=C(\C(F)=C(/C)F)N(N)/C(=N\N)c1cc(-c2ccc(CN(CC)CCC)cc2)cnc1N. The number of rotatable bonds is 10. The Morgan fingerprint density at radius 2 is 1.85 bits per heavy atom. The maximum atomic E-state index is 14.4. The molecular weight excluding hydrogens is 436 g/mol. The lowest BCUT2D eigenvalue weighted by molar-refractivity contribution is 0.280. The van der Waals surface area contributed by atoms with E-state index in [2.05, 4.69) is 47.5 Å². The molecule has 0 atom stereocenters. The van der Waals surface area contributed by atoms with Gasteiger partial charge in [0.05, 0.1) is 11.3 Å². The van der Waals surface area contributed by atoms with Crippen LogP contribution in [-0.4, -0.2) is 33.8 Å². The molecule has 2 aromatic rings. The van der Waals surface area contributed by atoms with E-state index in [1.165, 1.54) is 17.7 Å². The molecule has 34 heavy (non-hydrogen) atoms. The van der Waals surface area contributed by atoms with E-state index in [0.29, 0.717) is 0 Å². The Morgan fingerprint density at radius 3 is 2.38 bits per heavy atom. The van der Waals surface area contributed by atoms with E-state index in [-0.39, 0.29) is 22.9 Å². The number of anilines is 1. The van der Waals surface area contributed by atoms with Crippen LogP contribution in [0.3, 0.4) is 0 Å². The van der Waals surface area contributed by atoms with Gasteiger partial charge < -0.3 is 11.6 Å². The molecule has 2 rings (SSSR count). The molecule has 0 spiro atoms. The summed E-state index contributed by atoms with van der Waals surface area (Å²) in [6.45, 7) is 11.7. The van der Waals surface area contributed by atoms with Gasteiger partial charge in [0.15, 0.2) is 11.7 Å². The average Bonchev–Trinajstić information content (AvgIpc) is 2.83. The van der Waals surface area contributed by atoms with E-state index in [9.17, 15) is 8.78 Å². The molecule has 0 amide bonds. The van der Waals surface area contributed by atoms with E-state index >= 15 is 0 Å². The fourth-order valence-electron chi connectivity index (χ4n) is 3.46. The molecule has 6 N–H and O–H groups in total. The Bertz CT molecular complexity index is 1070. The second-order valence-electron chi connectivity index (χ2n) is 7.68. The number of benzene rings is 1. The van der Waals surface area contributed by atoms with Crippen molar-refractivity contribution >= 4 is 11.7 Å². The van der Waals surface area contributed by atoms with Gasteiger partial charge in [0.25, 0.3) is 0 Å². The summed E-state index contributed by atoms with van der Waals surface area (Å²) in [4.78, 5) is 6.61. The largest absolute Gasteiger partial charge is 0.383 e. The molecule has 1 aromatic heterocycles. The minimum absolute atomic E-state index is 0.0810. The molecule has 0 bridgehead atoms. The fourth-order valence-corrected chi connectivity index (χ4v) is 3.46. The van der Waals surface area contributed by atoms with Gasteiger partial charge in [-0.2, -0.15) is 5.10 Å². The second-order valence-corrected chi connectivity index (χ2v) is 7.68. The summed E-state index contributed by atoms with van der Waals surface area (Å²) in [6.07, 6.45) is 5.19. The van der Waals surface area contributed by atoms with Gasteiger partial charge in [-0.3, -0.25) is 9.91 Å². The molecule has 0 aliphatic rings. The zero-order chi connectivity index (χ0) is 25.3. The molecule has 7 nitrogen and oxygen atoms in total. The normalized spacial score (nSPS) is 13.1. The van der Waals surface area contributed by atoms with Crippen molar-refractivity contribution in [2.75, 3.05) is 18.8 Å². The Kier molecular flexibility index (Phi) is 9.91. The van der Waals surface area contributed by atoms with Crippen LogP contribution in [0.1, 0.15) is 38.3 Å². The van der Waals surface area contributed by atoms with Crippen molar-refractivity contribution in [2.24, 2.45) is 16.8 Å². The quantitative estimate of drug-likeness (QED) is 0.154. The molecule has 0 saturated carbocycles. The number of pyridine rings is 1. The van der Waals surface area contributed by atoms with Crippen LogP contribution in [0, 0.1) is 0 Å². The van der Waals surface area contributed by atoms with Gasteiger partial charge in [0.2, 0.25) is 0 Å². The van der Waals surface area contributed by atoms with Gasteiger partial charge >= 0.3 is 0 Å². The van der Waals surface area contributed by atoms with Crippen LogP contribution in [0.5, 0.6) is 0 Å². The van der Waals surface area contributed by atoms with Gasteiger partial charge in [-0.05, 0) is 49.7 Å². The lowest BCUT2D eigenvalue weighted by Crippen LogP contribution is -2.39. The molecule has 0 radical (unpaired) electrons. The summed E-state index contributed by atoms with van der Waals surface area (Å²) in [7, 11) is 0. The highest BCUT2D eigenvalue weighted by molar-refractivity contribution is 6.04. The molecule has 9 heteroatoms. The number of aromatic nitrogens is 1. The first-order chi connectivity index (χ1) is 16.3. The van der Waals surface area contributed by atoms with Crippen molar-refractivity contribution in [1.82, 2.24) is 14.9 Å². The van der Waals surface area contributed by atoms with Gasteiger partial charge in [-0.15, -0.1) is 0 Å². The lowest BCUT2D eigenvalue weighted by atomic mass is 10.0. The molecule has 0 saturated heterocycles. The highest BCUT2D eigenvalue weighted by Crippen LogP contribution is 2.26. The number of nitrogens with two attached hydrogens (primary N) is 3. The van der Waals surface area contributed by atoms with Gasteiger partial charge in [-0.1, -0.05) is 50.8 Å². The van der Waals surface area contributed by atoms with Gasteiger partial charge in [0, 0.05) is 18.3 Å². The summed E-state index contributed by atoms with van der Waals surface area (Å²) >= 11 is 0. The van der Waals surface area contributed by atoms with Crippen LogP contribution >= 0.6 is 0 Å². The van der Waals surface area contributed by atoms with E-state index in [1.54, 1.807) is 12.3 Å². The van der Waals surface area contributed by atoms with Crippen molar-refractivity contribution in [3.8, 4) is 11.1 Å². The third kappa shape index (κ3) is 6.49. The third-order valence-electron chi connectivity index (χ3n) is 5.25. The predicted molar refractivity (Wildman–Crippen MR) is 135 cm³/mol. The summed E-state index contributed by atoms with van der Waals surface area (Å²) in [5, 5.41) is 4.49. The molecular formula is C25H33F2N7. The lowest BCUT2D eigenvalue weighted by Gasteiger charge is -2.23. The number of hydrogen-bond donors (Lipinski definition) is 3. The van der Waals surface area contributed by atoms with E-state index in [4.69, 9.17) is 17.4 Å². The second kappa shape index (κ2) is 12.6. The van der Waals surface area contributed by atoms with Crippen LogP contribution in [0.15, 0.2) is 77.7 Å². The fraction of sp³-hybridized carbons (Fsp3) is 0.280. The maximum absolute atomic E-state index is 14.4. The Labute approximate surface area is 199 Å². The minimum atomic E-state index is -1.17. The number of nitrogen functional groups attached to an aromatic ring is 1. The first-order valence-corrected chi connectivity index (χ1v) is 11.0. The van der Waals surface area contributed by atoms with Crippen LogP contribution in [-0.2, 0) is 6.54 Å². The number of amidine groups is 1. The average molecular weight is 470 g/mol. The number of nitrogens with zero attached hydrogens (tertiary/aromatic N) is 4. The Morgan fingerprint density at radius 1 is 1.18 bits per heavy atom. The zero-order valence-corrected chi connectivity index (χ0v) is 19.9. The number of halogens is 2. The smallest absolute Gasteiger partial charge is 0.179 e. The number of allylic oxidation sites excluding steroid dienone is 4. The minimum Gasteiger partial charge on any atom is -0.383 e. The molecule has 0 fully saturated rings. The van der Waals surface area contributed by atoms with E-state index < -0.39 is 11.7 Å². The van der Waals surface area contributed by atoms with Gasteiger partial charge in [-0.25, -0.2) is 19.6 Å². The molecule has 182 valence electrons.